The molecule has 1 fully saturated rings. The number of carbonyl (C=O) groups excluding carboxylic acids is 1. The minimum absolute atomic E-state index is 0.185. The van der Waals surface area contributed by atoms with E-state index in [9.17, 15) is 9.18 Å². The number of halogens is 2. The van der Waals surface area contributed by atoms with Gasteiger partial charge in [-0.15, -0.1) is 0 Å². The molecule has 27 heavy (non-hydrogen) atoms. The predicted molar refractivity (Wildman–Crippen MR) is 104 cm³/mol. The molecule has 1 aliphatic heterocycles. The summed E-state index contributed by atoms with van der Waals surface area (Å²) in [6.07, 6.45) is 1.14. The highest BCUT2D eigenvalue weighted by molar-refractivity contribution is 6.35. The molecule has 3 aromatic rings. The van der Waals surface area contributed by atoms with Crippen molar-refractivity contribution in [2.24, 2.45) is 0 Å². The number of nitrogens with one attached hydrogen (secondary N) is 1. The molecule has 0 radical (unpaired) electrons. The van der Waals surface area contributed by atoms with E-state index in [4.69, 9.17) is 16.3 Å². The summed E-state index contributed by atoms with van der Waals surface area (Å²) < 4.78 is 19.8. The first kappa shape index (κ1) is 17.5. The van der Waals surface area contributed by atoms with Gasteiger partial charge in [-0.2, -0.15) is 0 Å². The number of nitrogens with zero attached hydrogens (tertiary/aromatic N) is 2. The van der Waals surface area contributed by atoms with Crippen LogP contribution in [0.3, 0.4) is 0 Å². The summed E-state index contributed by atoms with van der Waals surface area (Å²) in [4.78, 5) is 17.4. The Labute approximate surface area is 160 Å². The van der Waals surface area contributed by atoms with Gasteiger partial charge in [-0.1, -0.05) is 23.7 Å². The molecule has 7 heteroatoms. The summed E-state index contributed by atoms with van der Waals surface area (Å²) in [6.45, 7) is 2.83. The summed E-state index contributed by atoms with van der Waals surface area (Å²) in [5.74, 6) is -0.443. The van der Waals surface area contributed by atoms with Gasteiger partial charge in [0.15, 0.2) is 5.82 Å². The molecule has 1 saturated heterocycles. The monoisotopic (exact) mass is 385 g/mol. The van der Waals surface area contributed by atoms with Crippen molar-refractivity contribution < 1.29 is 13.9 Å². The SMILES string of the molecule is CC(Nc1ccc2c(Cl)ccnc2c1F)c1cccc(N2CCOC2=O)c1. The Bertz CT molecular complexity index is 1030. The van der Waals surface area contributed by atoms with Gasteiger partial charge in [0, 0.05) is 23.3 Å². The molecule has 0 spiro atoms. The molecule has 0 aliphatic carbocycles. The topological polar surface area (TPSA) is 54.5 Å². The van der Waals surface area contributed by atoms with Crippen molar-refractivity contribution in [3.8, 4) is 0 Å². The molecule has 1 amide bonds. The lowest BCUT2D eigenvalue weighted by atomic mass is 10.1. The molecular weight excluding hydrogens is 369 g/mol. The Morgan fingerprint density at radius 2 is 2.15 bits per heavy atom. The van der Waals surface area contributed by atoms with Gasteiger partial charge in [-0.25, -0.2) is 9.18 Å². The van der Waals surface area contributed by atoms with E-state index in [1.165, 1.54) is 6.20 Å². The molecule has 0 bridgehead atoms. The van der Waals surface area contributed by atoms with Crippen LogP contribution in [0.5, 0.6) is 0 Å². The number of benzene rings is 2. The van der Waals surface area contributed by atoms with Crippen LogP contribution in [0, 0.1) is 5.82 Å². The van der Waals surface area contributed by atoms with Crippen molar-refractivity contribution in [1.29, 1.82) is 0 Å². The number of pyridine rings is 1. The maximum atomic E-state index is 14.8. The molecular formula is C20H17ClFN3O2. The fourth-order valence-corrected chi connectivity index (χ4v) is 3.38. The van der Waals surface area contributed by atoms with Crippen molar-refractivity contribution >= 4 is 40.0 Å². The first-order valence-electron chi connectivity index (χ1n) is 8.58. The summed E-state index contributed by atoms with van der Waals surface area (Å²) in [6, 6.07) is 12.4. The second-order valence-electron chi connectivity index (χ2n) is 6.34. The minimum Gasteiger partial charge on any atom is -0.447 e. The average Bonchev–Trinajstić information content (AvgIpc) is 3.10. The lowest BCUT2D eigenvalue weighted by Crippen LogP contribution is -2.23. The molecule has 1 atom stereocenters. The predicted octanol–water partition coefficient (Wildman–Crippen LogP) is 5.16. The first-order chi connectivity index (χ1) is 13.0. The van der Waals surface area contributed by atoms with Gasteiger partial charge >= 0.3 is 6.09 Å². The highest BCUT2D eigenvalue weighted by Crippen LogP contribution is 2.31. The molecule has 138 valence electrons. The van der Waals surface area contributed by atoms with Crippen molar-refractivity contribution in [3.05, 3.63) is 65.1 Å². The molecule has 5 nitrogen and oxygen atoms in total. The summed E-state index contributed by atoms with van der Waals surface area (Å²) in [5.41, 5.74) is 2.26. The minimum atomic E-state index is -0.443. The summed E-state index contributed by atoms with van der Waals surface area (Å²) >= 11 is 6.10. The highest BCUT2D eigenvalue weighted by atomic mass is 35.5. The normalized spacial score (nSPS) is 15.1. The third-order valence-corrected chi connectivity index (χ3v) is 4.94. The van der Waals surface area contributed by atoms with Crippen molar-refractivity contribution in [2.45, 2.75) is 13.0 Å². The van der Waals surface area contributed by atoms with Crippen LogP contribution in [-0.4, -0.2) is 24.2 Å². The van der Waals surface area contributed by atoms with Crippen LogP contribution in [0.25, 0.3) is 10.9 Å². The average molecular weight is 386 g/mol. The van der Waals surface area contributed by atoms with Crippen LogP contribution in [0.15, 0.2) is 48.7 Å². The van der Waals surface area contributed by atoms with Gasteiger partial charge in [0.2, 0.25) is 0 Å². The molecule has 1 aliphatic rings. The zero-order valence-corrected chi connectivity index (χ0v) is 15.3. The molecule has 4 rings (SSSR count). The Morgan fingerprint density at radius 1 is 1.30 bits per heavy atom. The maximum Gasteiger partial charge on any atom is 0.414 e. The number of hydrogen-bond donors (Lipinski definition) is 1. The van der Waals surface area contributed by atoms with E-state index in [-0.39, 0.29) is 17.7 Å². The number of ether oxygens (including phenoxy) is 1. The third kappa shape index (κ3) is 3.28. The maximum absolute atomic E-state index is 14.8. The summed E-state index contributed by atoms with van der Waals surface area (Å²) in [7, 11) is 0. The Kier molecular flexibility index (Phi) is 4.58. The molecule has 2 heterocycles. The van der Waals surface area contributed by atoms with Crippen molar-refractivity contribution in [1.82, 2.24) is 4.98 Å². The number of amides is 1. The van der Waals surface area contributed by atoms with Crippen LogP contribution in [-0.2, 0) is 4.74 Å². The lowest BCUT2D eigenvalue weighted by Gasteiger charge is -2.19. The summed E-state index contributed by atoms with van der Waals surface area (Å²) in [5, 5.41) is 4.21. The molecule has 1 N–H and O–H groups in total. The second-order valence-corrected chi connectivity index (χ2v) is 6.75. The van der Waals surface area contributed by atoms with E-state index in [0.717, 1.165) is 11.3 Å². The van der Waals surface area contributed by atoms with E-state index in [0.29, 0.717) is 29.2 Å². The van der Waals surface area contributed by atoms with E-state index in [1.807, 2.05) is 31.2 Å². The van der Waals surface area contributed by atoms with E-state index >= 15 is 0 Å². The standard InChI is InChI=1S/C20H17ClFN3O2/c1-12(13-3-2-4-14(11-13)25-9-10-27-20(25)26)24-17-6-5-15-16(21)7-8-23-19(15)18(17)22/h2-8,11-12,24H,9-10H2,1H3. The van der Waals surface area contributed by atoms with Gasteiger partial charge < -0.3 is 10.1 Å². The quantitative estimate of drug-likeness (QED) is 0.674. The van der Waals surface area contributed by atoms with Gasteiger partial charge in [-0.3, -0.25) is 9.88 Å². The molecule has 1 unspecified atom stereocenters. The fraction of sp³-hybridized carbons (Fsp3) is 0.200. The van der Waals surface area contributed by atoms with E-state index in [2.05, 4.69) is 10.3 Å². The van der Waals surface area contributed by atoms with E-state index < -0.39 is 5.82 Å². The van der Waals surface area contributed by atoms with Gasteiger partial charge in [-0.05, 0) is 42.8 Å². The van der Waals surface area contributed by atoms with Gasteiger partial charge in [0.1, 0.15) is 12.1 Å². The zero-order chi connectivity index (χ0) is 19.0. The number of carbonyl (C=O) groups is 1. The van der Waals surface area contributed by atoms with Crippen LogP contribution in [0.2, 0.25) is 5.02 Å². The lowest BCUT2D eigenvalue weighted by molar-refractivity contribution is 0.181. The number of anilines is 2. The largest absolute Gasteiger partial charge is 0.447 e. The number of cyclic esters (lactones) is 1. The van der Waals surface area contributed by atoms with Crippen LogP contribution < -0.4 is 10.2 Å². The molecule has 0 saturated carbocycles. The van der Waals surface area contributed by atoms with Crippen molar-refractivity contribution in [3.63, 3.8) is 0 Å². The fourth-order valence-electron chi connectivity index (χ4n) is 3.17. The number of rotatable bonds is 4. The molecule has 1 aromatic heterocycles. The molecule has 2 aromatic carbocycles. The third-order valence-electron chi connectivity index (χ3n) is 4.61. The van der Waals surface area contributed by atoms with Crippen LogP contribution >= 0.6 is 11.6 Å². The Morgan fingerprint density at radius 3 is 2.93 bits per heavy atom. The smallest absolute Gasteiger partial charge is 0.414 e. The Hall–Kier alpha value is -2.86. The number of fused-ring (bicyclic) bond motifs is 1. The second kappa shape index (κ2) is 7.04. The first-order valence-corrected chi connectivity index (χ1v) is 8.96. The van der Waals surface area contributed by atoms with E-state index in [1.54, 1.807) is 23.1 Å². The number of aromatic nitrogens is 1. The van der Waals surface area contributed by atoms with Gasteiger partial charge in [0.05, 0.1) is 17.3 Å². The zero-order valence-electron chi connectivity index (χ0n) is 14.6. The van der Waals surface area contributed by atoms with Crippen molar-refractivity contribution in [2.75, 3.05) is 23.4 Å². The van der Waals surface area contributed by atoms with Crippen LogP contribution in [0.4, 0.5) is 20.6 Å². The Balaban J connectivity index is 1.61. The van der Waals surface area contributed by atoms with Gasteiger partial charge in [0.25, 0.3) is 0 Å². The number of hydrogen-bond acceptors (Lipinski definition) is 4. The highest BCUT2D eigenvalue weighted by Gasteiger charge is 2.24. The van der Waals surface area contributed by atoms with Crippen LogP contribution in [0.1, 0.15) is 18.5 Å².